The highest BCUT2D eigenvalue weighted by Gasteiger charge is 2.34. The van der Waals surface area contributed by atoms with Crippen LogP contribution in [0.1, 0.15) is 12.8 Å². The third kappa shape index (κ3) is 3.02. The Morgan fingerprint density at radius 2 is 1.91 bits per heavy atom. The van der Waals surface area contributed by atoms with Gasteiger partial charge in [0.05, 0.1) is 15.8 Å². The zero-order valence-electron chi connectivity index (χ0n) is 5.80. The highest BCUT2D eigenvalue weighted by atomic mass is 127. The fourth-order valence-electron chi connectivity index (χ4n) is 1.29. The molecule has 1 unspecified atom stereocenters. The quantitative estimate of drug-likeness (QED) is 0.584. The van der Waals surface area contributed by atoms with Gasteiger partial charge in [-0.2, -0.15) is 0 Å². The summed E-state index contributed by atoms with van der Waals surface area (Å²) in [6.45, 7) is 0.467. The molecule has 11 heavy (non-hydrogen) atoms. The first-order chi connectivity index (χ1) is 5.24. The molecule has 0 aromatic heterocycles. The lowest BCUT2D eigenvalue weighted by atomic mass is 10.1. The fourth-order valence-corrected chi connectivity index (χ4v) is 1.97. The summed E-state index contributed by atoms with van der Waals surface area (Å²) in [5.74, 6) is 0.0715. The molecule has 1 aliphatic rings. The van der Waals surface area contributed by atoms with Crippen LogP contribution >= 0.6 is 30.4 Å². The van der Waals surface area contributed by atoms with Crippen LogP contribution in [-0.2, 0) is 4.18 Å². The first-order valence-electron chi connectivity index (χ1n) is 3.42. The van der Waals surface area contributed by atoms with Crippen LogP contribution in [0, 0.1) is 5.92 Å². The molecule has 0 bridgehead atoms. The predicted molar refractivity (Wildman–Crippen MR) is 50.1 cm³/mol. The Labute approximate surface area is 81.0 Å². The van der Waals surface area contributed by atoms with Crippen LogP contribution in [0.4, 0.5) is 8.78 Å². The van der Waals surface area contributed by atoms with Crippen molar-refractivity contribution < 1.29 is 13.0 Å². The van der Waals surface area contributed by atoms with E-state index in [4.69, 9.17) is 4.18 Å². The topological polar surface area (TPSA) is 9.23 Å². The van der Waals surface area contributed by atoms with E-state index in [0.717, 1.165) is 0 Å². The highest BCUT2D eigenvalue weighted by molar-refractivity contribution is 14.2. The van der Waals surface area contributed by atoms with Crippen LogP contribution in [-0.4, -0.2) is 19.0 Å². The van der Waals surface area contributed by atoms with Crippen molar-refractivity contribution in [2.24, 2.45) is 5.92 Å². The first-order valence-corrected chi connectivity index (χ1v) is 6.70. The van der Waals surface area contributed by atoms with E-state index >= 15 is 0 Å². The van der Waals surface area contributed by atoms with Gasteiger partial charge in [0.25, 0.3) is 0 Å². The van der Waals surface area contributed by atoms with E-state index in [1.54, 1.807) is 0 Å². The van der Waals surface area contributed by atoms with Gasteiger partial charge in [-0.3, -0.25) is 0 Å². The van der Waals surface area contributed by atoms with E-state index in [2.05, 4.69) is 0 Å². The lowest BCUT2D eigenvalue weighted by Crippen LogP contribution is -2.06. The van der Waals surface area contributed by atoms with E-state index < -0.39 is 12.3 Å². The van der Waals surface area contributed by atoms with Gasteiger partial charge in [0, 0.05) is 21.2 Å². The summed E-state index contributed by atoms with van der Waals surface area (Å²) in [6, 6.07) is 0. The molecule has 66 valence electrons. The second-order valence-corrected chi connectivity index (χ2v) is 4.16. The van der Waals surface area contributed by atoms with Gasteiger partial charge in [-0.15, -0.1) is 0 Å². The number of hydrogen-bond acceptors (Lipinski definition) is 2. The summed E-state index contributed by atoms with van der Waals surface area (Å²) >= 11 is 1.99. The second-order valence-electron chi connectivity index (χ2n) is 2.72. The molecule has 0 saturated heterocycles. The van der Waals surface area contributed by atoms with Gasteiger partial charge >= 0.3 is 0 Å². The SMILES string of the molecule is F[C@@H]1CC(COSI)C[C@@H]1F. The molecule has 1 rings (SSSR count). The molecule has 0 N–H and O–H groups in total. The summed E-state index contributed by atoms with van der Waals surface area (Å²) in [4.78, 5) is 0. The van der Waals surface area contributed by atoms with Gasteiger partial charge in [0.15, 0.2) is 0 Å². The lowest BCUT2D eigenvalue weighted by molar-refractivity contribution is 0.199. The predicted octanol–water partition coefficient (Wildman–Crippen LogP) is 3.09. The van der Waals surface area contributed by atoms with Gasteiger partial charge in [-0.25, -0.2) is 8.78 Å². The molecule has 1 saturated carbocycles. The van der Waals surface area contributed by atoms with Crippen molar-refractivity contribution in [3.63, 3.8) is 0 Å². The maximum Gasteiger partial charge on any atom is 0.132 e. The number of hydrogen-bond donors (Lipinski definition) is 0. The minimum absolute atomic E-state index is 0.0715. The van der Waals surface area contributed by atoms with Gasteiger partial charge in [0.1, 0.15) is 12.3 Å². The molecular formula is C6H9F2IOS. The third-order valence-corrected chi connectivity index (χ3v) is 2.85. The van der Waals surface area contributed by atoms with Crippen molar-refractivity contribution in [3.05, 3.63) is 0 Å². The molecule has 0 aliphatic heterocycles. The monoisotopic (exact) mass is 294 g/mol. The van der Waals surface area contributed by atoms with E-state index in [1.807, 2.05) is 21.2 Å². The van der Waals surface area contributed by atoms with Crippen molar-refractivity contribution in [2.45, 2.75) is 25.2 Å². The molecule has 1 aliphatic carbocycles. The zero-order chi connectivity index (χ0) is 8.27. The van der Waals surface area contributed by atoms with Crippen molar-refractivity contribution in [1.82, 2.24) is 0 Å². The van der Waals surface area contributed by atoms with Crippen LogP contribution < -0.4 is 0 Å². The van der Waals surface area contributed by atoms with Crippen molar-refractivity contribution >= 4 is 30.4 Å². The van der Waals surface area contributed by atoms with Gasteiger partial charge in [0.2, 0.25) is 0 Å². The van der Waals surface area contributed by atoms with Crippen molar-refractivity contribution in [2.75, 3.05) is 6.61 Å². The molecular weight excluding hydrogens is 285 g/mol. The van der Waals surface area contributed by atoms with Crippen LogP contribution in [0.3, 0.4) is 0 Å². The van der Waals surface area contributed by atoms with Gasteiger partial charge < -0.3 is 4.18 Å². The fraction of sp³-hybridized carbons (Fsp3) is 1.00. The summed E-state index contributed by atoms with van der Waals surface area (Å²) in [6.07, 6.45) is -1.89. The van der Waals surface area contributed by atoms with E-state index in [0.29, 0.717) is 19.4 Å². The zero-order valence-corrected chi connectivity index (χ0v) is 8.78. The standard InChI is InChI=1S/C6H9F2IOS/c7-5-1-4(2-6(5)8)3-10-11-9/h4-6H,1-3H2/t4?,5-,6+. The van der Waals surface area contributed by atoms with Gasteiger partial charge in [-0.1, -0.05) is 0 Å². The average Bonchev–Trinajstić information content (AvgIpc) is 2.28. The number of rotatable bonds is 3. The largest absolute Gasteiger partial charge is 0.305 e. The number of halogens is 3. The maximum atomic E-state index is 12.6. The minimum atomic E-state index is -1.26. The molecule has 0 spiro atoms. The molecule has 1 nitrogen and oxygen atoms in total. The Kier molecular flexibility index (Phi) is 4.37. The Morgan fingerprint density at radius 1 is 1.36 bits per heavy atom. The minimum Gasteiger partial charge on any atom is -0.305 e. The maximum absolute atomic E-state index is 12.6. The first kappa shape index (κ1) is 9.98. The number of alkyl halides is 2. The Balaban J connectivity index is 2.18. The Bertz CT molecular complexity index is 117. The van der Waals surface area contributed by atoms with Crippen LogP contribution in [0.2, 0.25) is 0 Å². The van der Waals surface area contributed by atoms with Crippen molar-refractivity contribution in [3.8, 4) is 0 Å². The van der Waals surface area contributed by atoms with E-state index in [9.17, 15) is 8.78 Å². The normalized spacial score (nSPS) is 37.9. The molecule has 0 aromatic rings. The van der Waals surface area contributed by atoms with Gasteiger partial charge in [-0.05, 0) is 18.8 Å². The summed E-state index contributed by atoms with van der Waals surface area (Å²) in [7, 11) is 1.22. The molecule has 5 heteroatoms. The van der Waals surface area contributed by atoms with Crippen LogP contribution in [0.15, 0.2) is 0 Å². The summed E-state index contributed by atoms with van der Waals surface area (Å²) < 4.78 is 30.1. The molecule has 0 aromatic carbocycles. The molecule has 0 amide bonds. The smallest absolute Gasteiger partial charge is 0.132 e. The Hall–Kier alpha value is 0.900. The molecule has 0 heterocycles. The third-order valence-electron chi connectivity index (χ3n) is 1.86. The molecule has 3 atom stereocenters. The molecule has 0 radical (unpaired) electrons. The van der Waals surface area contributed by atoms with Crippen molar-refractivity contribution in [1.29, 1.82) is 0 Å². The van der Waals surface area contributed by atoms with Crippen LogP contribution in [0.25, 0.3) is 0 Å². The van der Waals surface area contributed by atoms with E-state index in [1.165, 1.54) is 9.21 Å². The Morgan fingerprint density at radius 3 is 2.36 bits per heavy atom. The van der Waals surface area contributed by atoms with Crippen LogP contribution in [0.5, 0.6) is 0 Å². The summed E-state index contributed by atoms with van der Waals surface area (Å²) in [5.41, 5.74) is 0. The lowest BCUT2D eigenvalue weighted by Gasteiger charge is -2.04. The summed E-state index contributed by atoms with van der Waals surface area (Å²) in [5, 5.41) is 0. The highest BCUT2D eigenvalue weighted by Crippen LogP contribution is 2.32. The molecule has 1 fully saturated rings. The second kappa shape index (κ2) is 4.81. The van der Waals surface area contributed by atoms with E-state index in [-0.39, 0.29) is 5.92 Å². The average molecular weight is 294 g/mol.